The highest BCUT2D eigenvalue weighted by atomic mass is 32.1. The van der Waals surface area contributed by atoms with Crippen molar-refractivity contribution in [2.75, 3.05) is 11.9 Å². The summed E-state index contributed by atoms with van der Waals surface area (Å²) >= 11 is 1.61. The molecule has 0 aliphatic carbocycles. The lowest BCUT2D eigenvalue weighted by Gasteiger charge is -2.18. The average Bonchev–Trinajstić information content (AvgIpc) is 2.81. The zero-order valence-electron chi connectivity index (χ0n) is 10.1. The molecular formula is C12H16N4S. The minimum Gasteiger partial charge on any atom is -0.354 e. The first kappa shape index (κ1) is 12.0. The highest BCUT2D eigenvalue weighted by Crippen LogP contribution is 2.15. The van der Waals surface area contributed by atoms with Crippen LogP contribution in [0.1, 0.15) is 17.0 Å². The van der Waals surface area contributed by atoms with E-state index in [1.165, 1.54) is 0 Å². The lowest BCUT2D eigenvalue weighted by molar-refractivity contribution is 0.863. The summed E-state index contributed by atoms with van der Waals surface area (Å²) in [7, 11) is 2.02. The van der Waals surface area contributed by atoms with Crippen LogP contribution >= 0.6 is 11.3 Å². The Morgan fingerprint density at radius 1 is 1.41 bits per heavy atom. The van der Waals surface area contributed by atoms with Crippen molar-refractivity contribution in [2.24, 2.45) is 5.73 Å². The Labute approximate surface area is 105 Å². The Morgan fingerprint density at radius 2 is 2.24 bits per heavy atom. The smallest absolute Gasteiger partial charge is 0.128 e. The maximum atomic E-state index is 5.62. The van der Waals surface area contributed by atoms with Gasteiger partial charge in [0.05, 0.1) is 17.7 Å². The van der Waals surface area contributed by atoms with Gasteiger partial charge >= 0.3 is 0 Å². The molecule has 0 aliphatic rings. The van der Waals surface area contributed by atoms with Crippen molar-refractivity contribution in [1.82, 2.24) is 9.97 Å². The summed E-state index contributed by atoms with van der Waals surface area (Å²) in [6.07, 6.45) is 0. The van der Waals surface area contributed by atoms with Crippen molar-refractivity contribution in [1.29, 1.82) is 0 Å². The van der Waals surface area contributed by atoms with Crippen molar-refractivity contribution in [3.8, 4) is 0 Å². The van der Waals surface area contributed by atoms with Crippen molar-refractivity contribution in [2.45, 2.75) is 20.0 Å². The number of nitrogens with zero attached hydrogens (tertiary/aromatic N) is 3. The van der Waals surface area contributed by atoms with Crippen LogP contribution in [-0.4, -0.2) is 17.0 Å². The first-order chi connectivity index (χ1) is 8.20. The summed E-state index contributed by atoms with van der Waals surface area (Å²) in [6, 6.07) is 4.04. The number of hydrogen-bond acceptors (Lipinski definition) is 5. The highest BCUT2D eigenvalue weighted by molar-refractivity contribution is 7.07. The summed E-state index contributed by atoms with van der Waals surface area (Å²) in [5.74, 6) is 0.952. The Hall–Kier alpha value is -1.46. The van der Waals surface area contributed by atoms with Gasteiger partial charge in [-0.2, -0.15) is 0 Å². The van der Waals surface area contributed by atoms with E-state index in [1.807, 2.05) is 31.6 Å². The van der Waals surface area contributed by atoms with Crippen LogP contribution in [0.3, 0.4) is 0 Å². The van der Waals surface area contributed by atoms with E-state index in [-0.39, 0.29) is 0 Å². The first-order valence-electron chi connectivity index (χ1n) is 5.45. The number of thiazole rings is 1. The fraction of sp³-hybridized carbons (Fsp3) is 0.333. The number of rotatable bonds is 4. The molecule has 0 aliphatic heterocycles. The van der Waals surface area contributed by atoms with Gasteiger partial charge in [-0.25, -0.2) is 9.97 Å². The number of nitrogens with two attached hydrogens (primary N) is 1. The molecule has 4 nitrogen and oxygen atoms in total. The molecule has 90 valence electrons. The SMILES string of the molecule is Cc1nc(N(C)Cc2cscn2)ccc1CN. The molecule has 0 spiro atoms. The van der Waals surface area contributed by atoms with Gasteiger partial charge in [0.25, 0.3) is 0 Å². The maximum Gasteiger partial charge on any atom is 0.128 e. The summed E-state index contributed by atoms with van der Waals surface area (Å²) in [6.45, 7) is 3.30. The molecule has 0 bridgehead atoms. The highest BCUT2D eigenvalue weighted by Gasteiger charge is 2.06. The van der Waals surface area contributed by atoms with Gasteiger partial charge in [-0.1, -0.05) is 6.07 Å². The predicted molar refractivity (Wildman–Crippen MR) is 71.1 cm³/mol. The fourth-order valence-electron chi connectivity index (χ4n) is 1.64. The molecule has 0 saturated heterocycles. The average molecular weight is 248 g/mol. The van der Waals surface area contributed by atoms with Crippen LogP contribution in [0, 0.1) is 6.92 Å². The Morgan fingerprint density at radius 3 is 2.82 bits per heavy atom. The topological polar surface area (TPSA) is 55.0 Å². The van der Waals surface area contributed by atoms with Gasteiger partial charge in [-0.15, -0.1) is 11.3 Å². The van der Waals surface area contributed by atoms with Crippen molar-refractivity contribution >= 4 is 17.2 Å². The van der Waals surface area contributed by atoms with Crippen LogP contribution in [0.5, 0.6) is 0 Å². The quantitative estimate of drug-likeness (QED) is 0.898. The number of anilines is 1. The second kappa shape index (κ2) is 5.25. The second-order valence-corrected chi connectivity index (χ2v) is 4.67. The molecule has 0 unspecified atom stereocenters. The standard InChI is InChI=1S/C12H16N4S/c1-9-10(5-13)3-4-12(15-9)16(2)6-11-7-17-8-14-11/h3-4,7-8H,5-6,13H2,1-2H3. The number of aromatic nitrogens is 2. The van der Waals surface area contributed by atoms with Crippen LogP contribution in [0.4, 0.5) is 5.82 Å². The largest absolute Gasteiger partial charge is 0.354 e. The molecule has 5 heteroatoms. The molecule has 0 aromatic carbocycles. The zero-order chi connectivity index (χ0) is 12.3. The molecule has 2 aromatic rings. The van der Waals surface area contributed by atoms with Crippen molar-refractivity contribution in [3.05, 3.63) is 40.0 Å². The lowest BCUT2D eigenvalue weighted by Crippen LogP contribution is -2.18. The van der Waals surface area contributed by atoms with Gasteiger partial charge in [0.2, 0.25) is 0 Å². The van der Waals surface area contributed by atoms with Gasteiger partial charge in [0.1, 0.15) is 5.82 Å². The Bertz CT molecular complexity index is 481. The summed E-state index contributed by atoms with van der Waals surface area (Å²) in [5, 5.41) is 2.05. The molecule has 0 saturated carbocycles. The predicted octanol–water partition coefficient (Wildman–Crippen LogP) is 1.94. The Kier molecular flexibility index (Phi) is 3.71. The molecule has 0 amide bonds. The molecule has 0 fully saturated rings. The monoisotopic (exact) mass is 248 g/mol. The van der Waals surface area contributed by atoms with E-state index in [0.29, 0.717) is 6.54 Å². The number of aryl methyl sites for hydroxylation is 1. The molecular weight excluding hydrogens is 232 g/mol. The summed E-state index contributed by atoms with van der Waals surface area (Å²) in [4.78, 5) is 10.9. The molecule has 2 N–H and O–H groups in total. The van der Waals surface area contributed by atoms with Gasteiger partial charge in [-0.05, 0) is 18.6 Å². The zero-order valence-corrected chi connectivity index (χ0v) is 10.9. The normalized spacial score (nSPS) is 10.5. The minimum absolute atomic E-state index is 0.537. The third kappa shape index (κ3) is 2.81. The van der Waals surface area contributed by atoms with E-state index in [2.05, 4.69) is 20.2 Å². The molecule has 2 aromatic heterocycles. The maximum absolute atomic E-state index is 5.62. The van der Waals surface area contributed by atoms with Crippen molar-refractivity contribution in [3.63, 3.8) is 0 Å². The summed E-state index contributed by atoms with van der Waals surface area (Å²) < 4.78 is 0. The molecule has 2 heterocycles. The molecule has 2 rings (SSSR count). The van der Waals surface area contributed by atoms with Gasteiger partial charge in [0, 0.05) is 24.7 Å². The second-order valence-electron chi connectivity index (χ2n) is 3.95. The number of pyridine rings is 1. The van der Waals surface area contributed by atoms with Gasteiger partial charge in [-0.3, -0.25) is 0 Å². The van der Waals surface area contributed by atoms with Gasteiger partial charge < -0.3 is 10.6 Å². The van der Waals surface area contributed by atoms with E-state index in [9.17, 15) is 0 Å². The minimum atomic E-state index is 0.537. The Balaban J connectivity index is 2.14. The van der Waals surface area contributed by atoms with Crippen LogP contribution < -0.4 is 10.6 Å². The number of hydrogen-bond donors (Lipinski definition) is 1. The van der Waals surface area contributed by atoms with E-state index in [0.717, 1.165) is 29.3 Å². The summed E-state index contributed by atoms with van der Waals surface area (Å²) in [5.41, 5.74) is 10.6. The van der Waals surface area contributed by atoms with Crippen LogP contribution in [0.25, 0.3) is 0 Å². The van der Waals surface area contributed by atoms with E-state index >= 15 is 0 Å². The first-order valence-corrected chi connectivity index (χ1v) is 6.39. The van der Waals surface area contributed by atoms with E-state index < -0.39 is 0 Å². The molecule has 0 radical (unpaired) electrons. The fourth-order valence-corrected chi connectivity index (χ4v) is 2.19. The van der Waals surface area contributed by atoms with Crippen molar-refractivity contribution < 1.29 is 0 Å². The van der Waals surface area contributed by atoms with E-state index in [1.54, 1.807) is 11.3 Å². The molecule has 17 heavy (non-hydrogen) atoms. The third-order valence-corrected chi connectivity index (χ3v) is 3.31. The third-order valence-electron chi connectivity index (χ3n) is 2.67. The van der Waals surface area contributed by atoms with Gasteiger partial charge in [0.15, 0.2) is 0 Å². The van der Waals surface area contributed by atoms with Crippen LogP contribution in [0.2, 0.25) is 0 Å². The van der Waals surface area contributed by atoms with E-state index in [4.69, 9.17) is 5.73 Å². The lowest BCUT2D eigenvalue weighted by atomic mass is 10.2. The van der Waals surface area contributed by atoms with Crippen LogP contribution in [-0.2, 0) is 13.1 Å². The van der Waals surface area contributed by atoms with Crippen LogP contribution in [0.15, 0.2) is 23.0 Å². The molecule has 0 atom stereocenters.